The van der Waals surface area contributed by atoms with Crippen LogP contribution in [-0.4, -0.2) is 104 Å². The number of hydrogen-bond acceptors (Lipinski definition) is 20. The molecule has 0 spiro atoms. The van der Waals surface area contributed by atoms with E-state index in [1.165, 1.54) is 40.1 Å². The van der Waals surface area contributed by atoms with E-state index in [4.69, 9.17) is 11.6 Å². The van der Waals surface area contributed by atoms with Crippen LogP contribution in [0.3, 0.4) is 0 Å². The summed E-state index contributed by atoms with van der Waals surface area (Å²) in [7, 11) is 0. The van der Waals surface area contributed by atoms with Crippen LogP contribution in [0.1, 0.15) is 98.3 Å². The molecule has 0 amide bonds. The average Bonchev–Trinajstić information content (AvgIpc) is 0.767. The van der Waals surface area contributed by atoms with Crippen molar-refractivity contribution in [2.45, 2.75) is 127 Å². The summed E-state index contributed by atoms with van der Waals surface area (Å²) in [6.45, 7) is 24.4. The van der Waals surface area contributed by atoms with Crippen molar-refractivity contribution in [1.29, 1.82) is 0 Å². The molecule has 28 nitrogen and oxygen atoms in total. The Labute approximate surface area is 713 Å². The molecule has 2 unspecified atom stereocenters. The first-order valence-electron chi connectivity index (χ1n) is 40.1. The highest BCUT2D eigenvalue weighted by Crippen LogP contribution is 2.36. The van der Waals surface area contributed by atoms with Crippen LogP contribution in [0.25, 0.3) is 101 Å². The van der Waals surface area contributed by atoms with E-state index in [1.54, 1.807) is 9.13 Å². The molecule has 34 heteroatoms. The van der Waals surface area contributed by atoms with Gasteiger partial charge >= 0.3 is 28.9 Å². The second-order valence-electron chi connectivity index (χ2n) is 30.7. The molecule has 0 radical (unpaired) electrons. The summed E-state index contributed by atoms with van der Waals surface area (Å²) >= 11 is 5.67. The van der Waals surface area contributed by atoms with Crippen LogP contribution in [0.2, 0.25) is 5.02 Å². The standard InChI is InChI=1S/C26H25N5O2.C22H19ClF3N5O2.C22H23N5O2.C21H19F2N5O2/c1-15-13-21-22(14-16(15)2)31(24-23(28-21)25(32)30-26(33)29-24)12-11-27-17(3)19-10-6-8-18-7-4-5-9-20(18)19;1-11-7-16-17(8-12(11)2)31(19-18(28-16)20(32)30-21(33)29-19)6-5-27-10-13-3-4-15(23)14(9-13)22(24,25)26;1-13-11-17-18(12-14(13)2)27(20-19(24-17)21(28)26-22(29)25-20)10-9-23-15(3)16-7-5-4-6-8-16;1-11-7-16-17(8-12(11)2)28(19-18(25-16)20(29)27-21(30)26-19)6-5-24-10-13-3-4-14(22)15(23)9-13/h4-10,13-14,17,27H,11-12H2,1-3H3,(H,30,32,33);3-4,7-9,27H,5-6,10H2,1-2H3,(H,30,32,33);4-8,11-12,15,23H,9-10H2,1-3H3,(H,26,28,29);3-4,7-9,24H,5-6,10H2,1-2H3,(H,27,29,30). The number of alkyl halides is 3. The van der Waals surface area contributed by atoms with E-state index in [0.29, 0.717) is 109 Å². The Hall–Kier alpha value is -13.9. The number of hydrogen-bond donors (Lipinski definition) is 8. The van der Waals surface area contributed by atoms with Crippen LogP contribution in [0.5, 0.6) is 0 Å². The van der Waals surface area contributed by atoms with Crippen LogP contribution in [-0.2, 0) is 45.4 Å². The summed E-state index contributed by atoms with van der Waals surface area (Å²) in [4.78, 5) is 139. The second-order valence-corrected chi connectivity index (χ2v) is 31.1. The second kappa shape index (κ2) is 37.1. The summed E-state index contributed by atoms with van der Waals surface area (Å²) in [6, 6.07) is 48.2. The molecule has 125 heavy (non-hydrogen) atoms. The average molecular weight is 1720 g/mol. The molecule has 0 aliphatic carbocycles. The normalized spacial score (nSPS) is 12.2. The first-order valence-corrected chi connectivity index (χ1v) is 40.5. The largest absolute Gasteiger partial charge is 0.417 e. The number of rotatable bonds is 20. The third kappa shape index (κ3) is 19.5. The van der Waals surface area contributed by atoms with Crippen molar-refractivity contribution < 1.29 is 22.0 Å². The lowest BCUT2D eigenvalue weighted by molar-refractivity contribution is -0.137. The fraction of sp³-hybridized carbons (Fsp3) is 0.253. The van der Waals surface area contributed by atoms with Gasteiger partial charge in [0.05, 0.1) is 54.7 Å². The van der Waals surface area contributed by atoms with Gasteiger partial charge in [-0.2, -0.15) is 33.1 Å². The number of halogens is 6. The van der Waals surface area contributed by atoms with Gasteiger partial charge in [-0.25, -0.2) is 47.9 Å². The van der Waals surface area contributed by atoms with Crippen LogP contribution in [0.15, 0.2) is 196 Å². The zero-order chi connectivity index (χ0) is 89.0. The Morgan fingerprint density at radius 3 is 1.11 bits per heavy atom. The lowest BCUT2D eigenvalue weighted by Gasteiger charge is -2.20. The van der Waals surface area contributed by atoms with E-state index in [-0.39, 0.29) is 58.1 Å². The molecule has 8 aliphatic rings. The van der Waals surface area contributed by atoms with Crippen LogP contribution < -0.4 is 66.3 Å². The quantitative estimate of drug-likeness (QED) is 0.0200. The maximum absolute atomic E-state index is 13.4. The Morgan fingerprint density at radius 1 is 0.376 bits per heavy atom. The topological polar surface area (TPSA) is 371 Å². The van der Waals surface area contributed by atoms with E-state index in [2.05, 4.69) is 143 Å². The van der Waals surface area contributed by atoms with Gasteiger partial charge in [0, 0.05) is 77.5 Å². The van der Waals surface area contributed by atoms with Crippen molar-refractivity contribution in [3.63, 3.8) is 0 Å². The molecular weight excluding hydrogens is 1630 g/mol. The lowest BCUT2D eigenvalue weighted by atomic mass is 10.00. The SMILES string of the molecule is Cc1cc2nc3c(=O)[nH]c(=O)nc-3n(CCNC(C)c3cccc4ccccc34)c2cc1C.Cc1cc2nc3c(=O)[nH]c(=O)nc-3n(CCNC(C)c3ccccc3)c2cc1C.Cc1cc2nc3c(=O)[nH]c(=O)nc-3n(CCNCc3ccc(Cl)c(C(F)(F)F)c3)c2cc1C.Cc1cc2nc3c(=O)[nH]c(=O)nc-3n(CCNCc3ccc(F)c(F)c3)c2cc1C. The zero-order valence-electron chi connectivity index (χ0n) is 69.6. The van der Waals surface area contributed by atoms with Gasteiger partial charge in [-0.15, -0.1) is 0 Å². The van der Waals surface area contributed by atoms with Crippen molar-refractivity contribution in [2.75, 3.05) is 26.2 Å². The minimum atomic E-state index is -4.54. The third-order valence-corrected chi connectivity index (χ3v) is 22.4. The van der Waals surface area contributed by atoms with E-state index in [0.717, 1.165) is 79.3 Å². The monoisotopic (exact) mass is 1720 g/mol. The van der Waals surface area contributed by atoms with E-state index in [9.17, 15) is 60.3 Å². The van der Waals surface area contributed by atoms with Crippen LogP contribution in [0.4, 0.5) is 22.0 Å². The molecule has 9 aromatic rings. The summed E-state index contributed by atoms with van der Waals surface area (Å²) in [5.41, 5.74) is 12.2. The predicted molar refractivity (Wildman–Crippen MR) is 472 cm³/mol. The van der Waals surface area contributed by atoms with Crippen molar-refractivity contribution in [1.82, 2.24) is 99.3 Å². The molecule has 8 heterocycles. The van der Waals surface area contributed by atoms with Crippen molar-refractivity contribution in [2.24, 2.45) is 0 Å². The Kier molecular flexibility index (Phi) is 25.9. The number of benzene rings is 9. The van der Waals surface area contributed by atoms with Crippen molar-refractivity contribution in [3.05, 3.63) is 330 Å². The zero-order valence-corrected chi connectivity index (χ0v) is 70.4. The van der Waals surface area contributed by atoms with Crippen molar-refractivity contribution >= 4 is 66.5 Å². The first kappa shape index (κ1) is 87.5. The number of aromatic amines is 4. The third-order valence-electron chi connectivity index (χ3n) is 22.1. The van der Waals surface area contributed by atoms with Gasteiger partial charge < -0.3 is 39.5 Å². The van der Waals surface area contributed by atoms with Crippen molar-refractivity contribution in [3.8, 4) is 46.1 Å². The first-order chi connectivity index (χ1) is 59.7. The molecule has 9 aromatic carbocycles. The maximum Gasteiger partial charge on any atom is 0.417 e. The van der Waals surface area contributed by atoms with Gasteiger partial charge in [-0.1, -0.05) is 96.5 Å². The highest BCUT2D eigenvalue weighted by molar-refractivity contribution is 6.31. The molecule has 8 N–H and O–H groups in total. The molecule has 2 atom stereocenters. The fourth-order valence-electron chi connectivity index (χ4n) is 14.9. The number of nitrogens with one attached hydrogen (secondary N) is 8. The highest BCUT2D eigenvalue weighted by atomic mass is 35.5. The molecule has 640 valence electrons. The summed E-state index contributed by atoms with van der Waals surface area (Å²) < 4.78 is 73.0. The summed E-state index contributed by atoms with van der Waals surface area (Å²) in [6.07, 6.45) is -4.54. The minimum Gasteiger partial charge on any atom is -0.321 e. The Balaban J connectivity index is 0.000000136. The van der Waals surface area contributed by atoms with Gasteiger partial charge in [0.2, 0.25) is 0 Å². The Bertz CT molecular complexity index is 7370. The van der Waals surface area contributed by atoms with Crippen LogP contribution >= 0.6 is 11.6 Å². The smallest absolute Gasteiger partial charge is 0.321 e. The number of aryl methyl sites for hydroxylation is 8. The number of fused-ring (bicyclic) bond motifs is 9. The van der Waals surface area contributed by atoms with E-state index in [1.807, 2.05) is 137 Å². The Morgan fingerprint density at radius 2 is 0.720 bits per heavy atom. The van der Waals surface area contributed by atoms with Crippen LogP contribution in [0, 0.1) is 67.0 Å². The van der Waals surface area contributed by atoms with Gasteiger partial charge in [0.1, 0.15) is 0 Å². The highest BCUT2D eigenvalue weighted by Gasteiger charge is 2.34. The summed E-state index contributed by atoms with van der Waals surface area (Å²) in [5, 5.41) is 15.4. The fourth-order valence-corrected chi connectivity index (χ4v) is 15.1. The van der Waals surface area contributed by atoms with E-state index < -0.39 is 68.4 Å². The molecule has 0 fully saturated rings. The minimum absolute atomic E-state index is 0.0397. The molecule has 17 rings (SSSR count). The molecule has 8 aliphatic heterocycles. The molecule has 0 bridgehead atoms. The number of H-pyrrole nitrogens is 4. The molecule has 0 saturated carbocycles. The molecule has 0 saturated heterocycles. The van der Waals surface area contributed by atoms with E-state index >= 15 is 0 Å². The number of aromatic nitrogens is 16. The van der Waals surface area contributed by atoms with Gasteiger partial charge in [0.15, 0.2) is 57.7 Å². The summed E-state index contributed by atoms with van der Waals surface area (Å²) in [5.74, 6) is -0.824. The molecular formula is C91H86ClF5N20O8. The predicted octanol–water partition coefficient (Wildman–Crippen LogP) is 12.2. The maximum atomic E-state index is 13.4. The lowest BCUT2D eigenvalue weighted by Crippen LogP contribution is -2.30. The van der Waals surface area contributed by atoms with Gasteiger partial charge in [-0.3, -0.25) is 39.1 Å². The molecule has 0 aromatic heterocycles. The van der Waals surface area contributed by atoms with Gasteiger partial charge in [0.25, 0.3) is 22.2 Å². The van der Waals surface area contributed by atoms with Gasteiger partial charge in [-0.05, 0) is 220 Å². The number of nitrogens with zero attached hydrogens (tertiary/aromatic N) is 12.